The Morgan fingerprint density at radius 2 is 2.13 bits per heavy atom. The Hall–Kier alpha value is -3.60. The van der Waals surface area contributed by atoms with E-state index >= 15 is 0 Å². The van der Waals surface area contributed by atoms with Gasteiger partial charge in [-0.05, 0) is 54.8 Å². The van der Waals surface area contributed by atoms with Crippen LogP contribution in [0.15, 0.2) is 53.7 Å². The lowest BCUT2D eigenvalue weighted by molar-refractivity contribution is 0.102. The topological polar surface area (TPSA) is 121 Å². The number of anilines is 1. The molecule has 0 aliphatic carbocycles. The van der Waals surface area contributed by atoms with Gasteiger partial charge in [0, 0.05) is 29.6 Å². The predicted octanol–water partition coefficient (Wildman–Crippen LogP) is 5.00. The number of amidine groups is 1. The average molecular weight is 550 g/mol. The Bertz CT molecular complexity index is 1490. The number of aromatic nitrogens is 2. The number of amides is 1. The number of ether oxygens (including phenoxy) is 3. The van der Waals surface area contributed by atoms with Crippen LogP contribution in [-0.4, -0.2) is 47.9 Å². The minimum absolute atomic E-state index is 0.261. The van der Waals surface area contributed by atoms with Gasteiger partial charge in [-0.2, -0.15) is 0 Å². The molecule has 11 heteroatoms. The van der Waals surface area contributed by atoms with Gasteiger partial charge < -0.3 is 25.3 Å². The molecule has 0 saturated carbocycles. The van der Waals surface area contributed by atoms with Gasteiger partial charge >= 0.3 is 0 Å². The van der Waals surface area contributed by atoms with E-state index in [-0.39, 0.29) is 11.6 Å². The number of rotatable bonds is 4. The van der Waals surface area contributed by atoms with Gasteiger partial charge in [0.05, 0.1) is 35.8 Å². The number of nitrogens with zero attached hydrogens (tertiary/aromatic N) is 3. The number of hydrogen-bond acceptors (Lipinski definition) is 9. The summed E-state index contributed by atoms with van der Waals surface area (Å²) < 4.78 is 17.0. The lowest BCUT2D eigenvalue weighted by atomic mass is 9.83. The predicted molar refractivity (Wildman–Crippen MR) is 147 cm³/mol. The van der Waals surface area contributed by atoms with Crippen LogP contribution in [0.25, 0.3) is 5.57 Å². The van der Waals surface area contributed by atoms with Gasteiger partial charge in [0.25, 0.3) is 11.8 Å². The maximum absolute atomic E-state index is 12.9. The molecule has 9 nitrogen and oxygen atoms in total. The Kier molecular flexibility index (Phi) is 6.46. The number of aliphatic imine (C=N–C) groups is 1. The largest absolute Gasteiger partial charge is 0.478 e. The Morgan fingerprint density at radius 1 is 1.24 bits per heavy atom. The van der Waals surface area contributed by atoms with Crippen LogP contribution in [0.4, 0.5) is 5.69 Å². The lowest BCUT2D eigenvalue weighted by Gasteiger charge is -2.41. The number of carbonyl (C=O) groups excluding carboxylic acids is 1. The van der Waals surface area contributed by atoms with Gasteiger partial charge in [-0.25, -0.2) is 9.97 Å². The van der Waals surface area contributed by atoms with E-state index in [0.29, 0.717) is 59.4 Å². The second-order valence-electron chi connectivity index (χ2n) is 8.98. The third-order valence-electron chi connectivity index (χ3n) is 6.72. The molecule has 3 aliphatic rings. The maximum atomic E-state index is 12.9. The van der Waals surface area contributed by atoms with E-state index in [4.69, 9.17) is 36.5 Å². The van der Waals surface area contributed by atoms with E-state index in [0.717, 1.165) is 28.8 Å². The zero-order valence-corrected chi connectivity index (χ0v) is 22.1. The first-order chi connectivity index (χ1) is 18.5. The molecule has 0 saturated heterocycles. The summed E-state index contributed by atoms with van der Waals surface area (Å²) >= 11 is 7.40. The standard InChI is InChI=1S/C27H24ClN5O4S/c1-35-25-23-19(13-21(33-25)15-6-10-36-11-7-15)27(8-9-30-26(29)38-27)18-12-17(3-5-22(18)37-23)32-24(34)20-4-2-16(28)14-31-20/h2-6,12-14H,7-11H2,1H3,(H2,29,30)(H,32,34)/t27-/m0/s1. The van der Waals surface area contributed by atoms with Crippen molar-refractivity contribution in [2.24, 2.45) is 10.7 Å². The van der Waals surface area contributed by atoms with Gasteiger partial charge in [0.15, 0.2) is 10.9 Å². The smallest absolute Gasteiger partial charge is 0.274 e. The molecule has 3 aromatic rings. The average Bonchev–Trinajstić information content (AvgIpc) is 2.94. The molecule has 5 heterocycles. The second-order valence-corrected chi connectivity index (χ2v) is 10.7. The summed E-state index contributed by atoms with van der Waals surface area (Å²) in [6.45, 7) is 1.72. The number of fused-ring (bicyclic) bond motifs is 4. The third-order valence-corrected chi connectivity index (χ3v) is 8.27. The molecule has 1 atom stereocenters. The molecule has 0 fully saturated rings. The molecule has 2 aromatic heterocycles. The van der Waals surface area contributed by atoms with Crippen LogP contribution in [-0.2, 0) is 9.48 Å². The van der Waals surface area contributed by atoms with Gasteiger partial charge in [-0.3, -0.25) is 9.79 Å². The van der Waals surface area contributed by atoms with Crippen molar-refractivity contribution in [3.05, 3.63) is 76.2 Å². The Labute approximate surface area is 228 Å². The van der Waals surface area contributed by atoms with Crippen LogP contribution in [0.5, 0.6) is 17.4 Å². The summed E-state index contributed by atoms with van der Waals surface area (Å²) in [5, 5.41) is 3.88. The van der Waals surface area contributed by atoms with E-state index in [9.17, 15) is 4.79 Å². The minimum Gasteiger partial charge on any atom is -0.478 e. The molecule has 0 bridgehead atoms. The summed E-state index contributed by atoms with van der Waals surface area (Å²) in [6.07, 6.45) is 4.92. The Morgan fingerprint density at radius 3 is 2.87 bits per heavy atom. The van der Waals surface area contributed by atoms with E-state index in [2.05, 4.69) is 21.4 Å². The Balaban J connectivity index is 1.46. The first kappa shape index (κ1) is 24.7. The third kappa shape index (κ3) is 4.38. The van der Waals surface area contributed by atoms with E-state index in [1.807, 2.05) is 18.2 Å². The van der Waals surface area contributed by atoms with Gasteiger partial charge in [0.1, 0.15) is 11.4 Å². The van der Waals surface area contributed by atoms with Crippen molar-refractivity contribution in [1.82, 2.24) is 9.97 Å². The molecular formula is C27H24ClN5O4S. The van der Waals surface area contributed by atoms with Crippen LogP contribution < -0.4 is 20.5 Å². The molecule has 3 aliphatic heterocycles. The van der Waals surface area contributed by atoms with Gasteiger partial charge in [-0.1, -0.05) is 29.4 Å². The first-order valence-corrected chi connectivity index (χ1v) is 13.3. The van der Waals surface area contributed by atoms with Crippen LogP contribution in [0.1, 0.15) is 40.2 Å². The molecule has 3 N–H and O–H groups in total. The number of hydrogen-bond donors (Lipinski definition) is 2. The number of nitrogens with one attached hydrogen (secondary N) is 1. The summed E-state index contributed by atoms with van der Waals surface area (Å²) in [5.41, 5.74) is 10.9. The monoisotopic (exact) mass is 549 g/mol. The fraction of sp³-hybridized carbons (Fsp3) is 0.259. The van der Waals surface area contributed by atoms with Crippen molar-refractivity contribution in [3.63, 3.8) is 0 Å². The summed E-state index contributed by atoms with van der Waals surface area (Å²) in [7, 11) is 1.59. The summed E-state index contributed by atoms with van der Waals surface area (Å²) in [4.78, 5) is 26.2. The van der Waals surface area contributed by atoms with Crippen molar-refractivity contribution in [2.75, 3.05) is 32.2 Å². The summed E-state index contributed by atoms with van der Waals surface area (Å²) in [5.74, 6) is 1.26. The molecule has 1 amide bonds. The van der Waals surface area contributed by atoms with Gasteiger partial charge in [0.2, 0.25) is 0 Å². The molecule has 6 rings (SSSR count). The molecule has 0 radical (unpaired) electrons. The van der Waals surface area contributed by atoms with Crippen LogP contribution >= 0.6 is 23.4 Å². The molecule has 1 aromatic carbocycles. The number of methoxy groups -OCH3 is 1. The molecule has 194 valence electrons. The fourth-order valence-corrected chi connectivity index (χ4v) is 6.26. The van der Waals surface area contributed by atoms with E-state index in [1.165, 1.54) is 18.0 Å². The zero-order chi connectivity index (χ0) is 26.3. The lowest BCUT2D eigenvalue weighted by Crippen LogP contribution is -2.35. The summed E-state index contributed by atoms with van der Waals surface area (Å²) in [6, 6.07) is 10.8. The minimum atomic E-state index is -0.620. The van der Waals surface area contributed by atoms with Crippen LogP contribution in [0, 0.1) is 0 Å². The molecule has 0 unspecified atom stereocenters. The highest BCUT2D eigenvalue weighted by Crippen LogP contribution is 2.59. The molecule has 38 heavy (non-hydrogen) atoms. The fourth-order valence-electron chi connectivity index (χ4n) is 4.91. The number of halogens is 1. The SMILES string of the molecule is COc1nc(C2=CCOCC2)cc2c1Oc1ccc(NC(=O)c3ccc(Cl)cn3)cc1[C@@]21CCN=C(N)S1. The highest BCUT2D eigenvalue weighted by atomic mass is 35.5. The van der Waals surface area contributed by atoms with Crippen molar-refractivity contribution in [1.29, 1.82) is 0 Å². The highest BCUT2D eigenvalue weighted by Gasteiger charge is 2.47. The van der Waals surface area contributed by atoms with Crippen LogP contribution in [0.3, 0.4) is 0 Å². The van der Waals surface area contributed by atoms with Crippen LogP contribution in [0.2, 0.25) is 5.02 Å². The zero-order valence-electron chi connectivity index (χ0n) is 20.5. The van der Waals surface area contributed by atoms with Crippen molar-refractivity contribution >= 4 is 45.7 Å². The number of carbonyl (C=O) groups is 1. The van der Waals surface area contributed by atoms with E-state index in [1.54, 1.807) is 25.3 Å². The van der Waals surface area contributed by atoms with Crippen molar-refractivity contribution < 1.29 is 19.0 Å². The number of pyridine rings is 2. The number of thioether (sulfide) groups is 1. The van der Waals surface area contributed by atoms with Crippen molar-refractivity contribution in [2.45, 2.75) is 17.6 Å². The van der Waals surface area contributed by atoms with Gasteiger partial charge in [-0.15, -0.1) is 0 Å². The second kappa shape index (κ2) is 9.94. The quantitative estimate of drug-likeness (QED) is 0.466. The molecule has 1 spiro atoms. The maximum Gasteiger partial charge on any atom is 0.274 e. The number of benzene rings is 1. The van der Waals surface area contributed by atoms with Crippen molar-refractivity contribution in [3.8, 4) is 17.4 Å². The highest BCUT2D eigenvalue weighted by molar-refractivity contribution is 8.14. The van der Waals surface area contributed by atoms with E-state index < -0.39 is 4.75 Å². The first-order valence-electron chi connectivity index (χ1n) is 12.1. The number of nitrogens with two attached hydrogens (primary N) is 1. The molecular weight excluding hydrogens is 526 g/mol. The normalized spacial score (nSPS) is 19.9.